The van der Waals surface area contributed by atoms with Gasteiger partial charge in [-0.15, -0.1) is 0 Å². The van der Waals surface area contributed by atoms with Crippen molar-refractivity contribution in [3.63, 3.8) is 0 Å². The van der Waals surface area contributed by atoms with Crippen molar-refractivity contribution < 1.29 is 9.90 Å². The fourth-order valence-electron chi connectivity index (χ4n) is 0. The highest BCUT2D eigenvalue weighted by molar-refractivity contribution is 7.80. The lowest BCUT2D eigenvalue weighted by Crippen LogP contribution is -2.17. The van der Waals surface area contributed by atoms with Crippen molar-refractivity contribution in [1.29, 1.82) is 0 Å². The zero-order valence-corrected chi connectivity index (χ0v) is 7.72. The van der Waals surface area contributed by atoms with Crippen LogP contribution in [-0.2, 0) is 4.79 Å². The third-order valence-electron chi connectivity index (χ3n) is 0.747. The fourth-order valence-corrected chi connectivity index (χ4v) is 0. The molecule has 0 aliphatic rings. The second-order valence-electron chi connectivity index (χ2n) is 2.11. The third kappa shape index (κ3) is 25.0. The van der Waals surface area contributed by atoms with E-state index in [2.05, 4.69) is 12.6 Å². The molecule has 4 heteroatoms. The van der Waals surface area contributed by atoms with Crippen molar-refractivity contribution in [3.8, 4) is 0 Å². The molecule has 0 rings (SSSR count). The smallest absolute Gasteiger partial charge is 0.300 e. The van der Waals surface area contributed by atoms with Gasteiger partial charge in [0.05, 0.1) is 0 Å². The standard InChI is InChI=1S/C4H11NS.C2H4O2/c1-4(6)5(2)3;1-2(3)4/h4,6H,1-3H3;1H3,(H,3,4). The SMILES string of the molecule is CC(=O)O.CC(S)N(C)C. The van der Waals surface area contributed by atoms with Crippen LogP contribution < -0.4 is 0 Å². The summed E-state index contributed by atoms with van der Waals surface area (Å²) in [6, 6.07) is 0. The Labute approximate surface area is 67.4 Å². The summed E-state index contributed by atoms with van der Waals surface area (Å²) in [4.78, 5) is 11.0. The number of hydrogen-bond donors (Lipinski definition) is 2. The van der Waals surface area contributed by atoms with E-state index in [0.29, 0.717) is 5.37 Å². The Morgan fingerprint density at radius 3 is 1.70 bits per heavy atom. The lowest BCUT2D eigenvalue weighted by molar-refractivity contribution is -0.134. The maximum absolute atomic E-state index is 9.00. The molecule has 1 unspecified atom stereocenters. The molecule has 0 saturated heterocycles. The van der Waals surface area contributed by atoms with E-state index < -0.39 is 5.97 Å². The molecular weight excluding hydrogens is 150 g/mol. The van der Waals surface area contributed by atoms with Gasteiger partial charge >= 0.3 is 0 Å². The normalized spacial score (nSPS) is 11.8. The van der Waals surface area contributed by atoms with Gasteiger partial charge in [0.15, 0.2) is 0 Å². The first-order valence-electron chi connectivity index (χ1n) is 2.92. The summed E-state index contributed by atoms with van der Waals surface area (Å²) < 4.78 is 0. The molecule has 0 radical (unpaired) electrons. The number of aliphatic carboxylic acids is 1. The second-order valence-corrected chi connectivity index (χ2v) is 2.86. The first kappa shape index (κ1) is 12.5. The highest BCUT2D eigenvalue weighted by atomic mass is 32.1. The third-order valence-corrected chi connectivity index (χ3v) is 1.21. The number of thiol groups is 1. The van der Waals surface area contributed by atoms with Crippen LogP contribution >= 0.6 is 12.6 Å². The molecule has 1 N–H and O–H groups in total. The number of hydrogen-bond acceptors (Lipinski definition) is 3. The molecule has 0 aromatic heterocycles. The maximum Gasteiger partial charge on any atom is 0.300 e. The van der Waals surface area contributed by atoms with E-state index in [1.807, 2.05) is 25.9 Å². The summed E-state index contributed by atoms with van der Waals surface area (Å²) in [6.07, 6.45) is 0. The van der Waals surface area contributed by atoms with Gasteiger partial charge < -0.3 is 5.11 Å². The minimum absolute atomic E-state index is 0.380. The predicted octanol–water partition coefficient (Wildman–Crippen LogP) is 0.915. The molecule has 0 fully saturated rings. The van der Waals surface area contributed by atoms with Gasteiger partial charge in [-0.1, -0.05) is 0 Å². The van der Waals surface area contributed by atoms with Crippen molar-refractivity contribution in [2.45, 2.75) is 19.2 Å². The molecular formula is C6H15NO2S. The average Bonchev–Trinajstić information content (AvgIpc) is 1.63. The van der Waals surface area contributed by atoms with Crippen LogP contribution in [0.4, 0.5) is 0 Å². The molecule has 1 atom stereocenters. The summed E-state index contributed by atoms with van der Waals surface area (Å²) in [5.74, 6) is -0.833. The molecule has 3 nitrogen and oxygen atoms in total. The number of carboxylic acid groups (broad SMARTS) is 1. The molecule has 0 aromatic rings. The van der Waals surface area contributed by atoms with Gasteiger partial charge in [-0.05, 0) is 21.0 Å². The number of nitrogens with zero attached hydrogens (tertiary/aromatic N) is 1. The predicted molar refractivity (Wildman–Crippen MR) is 45.4 cm³/mol. The highest BCUT2D eigenvalue weighted by Crippen LogP contribution is 1.92. The molecule has 0 amide bonds. The van der Waals surface area contributed by atoms with E-state index in [-0.39, 0.29) is 0 Å². The number of carbonyl (C=O) groups is 1. The minimum atomic E-state index is -0.833. The lowest BCUT2D eigenvalue weighted by Gasteiger charge is -2.11. The Bertz CT molecular complexity index is 83.7. The van der Waals surface area contributed by atoms with E-state index in [0.717, 1.165) is 6.92 Å². The van der Waals surface area contributed by atoms with Crippen molar-refractivity contribution in [1.82, 2.24) is 4.90 Å². The van der Waals surface area contributed by atoms with E-state index in [1.54, 1.807) is 0 Å². The van der Waals surface area contributed by atoms with Crippen molar-refractivity contribution in [2.24, 2.45) is 0 Å². The van der Waals surface area contributed by atoms with Crippen LogP contribution in [0, 0.1) is 0 Å². The van der Waals surface area contributed by atoms with E-state index in [9.17, 15) is 0 Å². The van der Waals surface area contributed by atoms with Crippen LogP contribution in [0.5, 0.6) is 0 Å². The first-order chi connectivity index (χ1) is 4.37. The van der Waals surface area contributed by atoms with E-state index >= 15 is 0 Å². The van der Waals surface area contributed by atoms with E-state index in [1.165, 1.54) is 0 Å². The van der Waals surface area contributed by atoms with Gasteiger partial charge in [-0.25, -0.2) is 0 Å². The van der Waals surface area contributed by atoms with Gasteiger partial charge in [0.25, 0.3) is 5.97 Å². The Morgan fingerprint density at radius 1 is 1.60 bits per heavy atom. The van der Waals surface area contributed by atoms with Crippen LogP contribution in [0.3, 0.4) is 0 Å². The molecule has 0 aromatic carbocycles. The second kappa shape index (κ2) is 6.89. The molecule has 0 heterocycles. The maximum atomic E-state index is 9.00. The summed E-state index contributed by atoms with van der Waals surface area (Å²) in [5.41, 5.74) is 0. The van der Waals surface area contributed by atoms with Crippen LogP contribution in [0.15, 0.2) is 0 Å². The first-order valence-corrected chi connectivity index (χ1v) is 3.43. The van der Waals surface area contributed by atoms with Crippen LogP contribution in [0.25, 0.3) is 0 Å². The molecule has 0 spiro atoms. The van der Waals surface area contributed by atoms with Gasteiger partial charge in [0.1, 0.15) is 0 Å². The molecule has 0 aliphatic heterocycles. The Kier molecular flexibility index (Phi) is 8.59. The van der Waals surface area contributed by atoms with Crippen LogP contribution in [0.2, 0.25) is 0 Å². The van der Waals surface area contributed by atoms with Crippen LogP contribution in [0.1, 0.15) is 13.8 Å². The lowest BCUT2D eigenvalue weighted by atomic mass is 10.7. The number of rotatable bonds is 1. The molecule has 0 saturated carbocycles. The van der Waals surface area contributed by atoms with Gasteiger partial charge in [-0.3, -0.25) is 9.69 Å². The highest BCUT2D eigenvalue weighted by Gasteiger charge is 1.91. The molecule has 0 aliphatic carbocycles. The number of carboxylic acids is 1. The fraction of sp³-hybridized carbons (Fsp3) is 0.833. The summed E-state index contributed by atoms with van der Waals surface area (Å²) in [7, 11) is 4.00. The topological polar surface area (TPSA) is 40.5 Å². The Morgan fingerprint density at radius 2 is 1.70 bits per heavy atom. The average molecular weight is 165 g/mol. The molecule has 0 bridgehead atoms. The minimum Gasteiger partial charge on any atom is -0.481 e. The van der Waals surface area contributed by atoms with Gasteiger partial charge in [0, 0.05) is 12.3 Å². The van der Waals surface area contributed by atoms with E-state index in [4.69, 9.17) is 9.90 Å². The van der Waals surface area contributed by atoms with Crippen LogP contribution in [-0.4, -0.2) is 35.4 Å². The van der Waals surface area contributed by atoms with Crippen molar-refractivity contribution in [3.05, 3.63) is 0 Å². The molecule has 62 valence electrons. The van der Waals surface area contributed by atoms with Crippen molar-refractivity contribution in [2.75, 3.05) is 14.1 Å². The van der Waals surface area contributed by atoms with Crippen molar-refractivity contribution >= 4 is 18.6 Å². The molecule has 10 heavy (non-hydrogen) atoms. The zero-order chi connectivity index (χ0) is 8.73. The monoisotopic (exact) mass is 165 g/mol. The Balaban J connectivity index is 0. The summed E-state index contributed by atoms with van der Waals surface area (Å²) in [6.45, 7) is 3.11. The quantitative estimate of drug-likeness (QED) is 0.448. The Hall–Kier alpha value is -0.220. The largest absolute Gasteiger partial charge is 0.481 e. The zero-order valence-electron chi connectivity index (χ0n) is 6.83. The summed E-state index contributed by atoms with van der Waals surface area (Å²) in [5, 5.41) is 7.80. The van der Waals surface area contributed by atoms with Gasteiger partial charge in [-0.2, -0.15) is 12.6 Å². The summed E-state index contributed by atoms with van der Waals surface area (Å²) >= 11 is 4.12. The van der Waals surface area contributed by atoms with Gasteiger partial charge in [0.2, 0.25) is 0 Å².